The van der Waals surface area contributed by atoms with E-state index in [9.17, 15) is 9.59 Å². The van der Waals surface area contributed by atoms with E-state index >= 15 is 0 Å². The van der Waals surface area contributed by atoms with Crippen molar-refractivity contribution in [3.63, 3.8) is 0 Å². The zero-order chi connectivity index (χ0) is 15.3. The molecule has 0 saturated heterocycles. The van der Waals surface area contributed by atoms with Gasteiger partial charge in [0.2, 0.25) is 0 Å². The molecule has 0 aromatic carbocycles. The van der Waals surface area contributed by atoms with Crippen molar-refractivity contribution in [2.24, 2.45) is 5.92 Å². The Hall–Kier alpha value is -1.26. The van der Waals surface area contributed by atoms with E-state index in [0.717, 1.165) is 63.7 Å². The van der Waals surface area contributed by atoms with E-state index in [-0.39, 0.29) is 18.5 Å². The molecule has 0 spiro atoms. The molecule has 21 heavy (non-hydrogen) atoms. The molecule has 3 N–H and O–H groups in total. The van der Waals surface area contributed by atoms with Crippen molar-refractivity contribution >= 4 is 12.0 Å². The number of carboxylic acids is 1. The van der Waals surface area contributed by atoms with Crippen molar-refractivity contribution in [2.45, 2.75) is 82.7 Å². The summed E-state index contributed by atoms with van der Waals surface area (Å²) in [7, 11) is 0. The standard InChI is InChI=1S/C16H28N2O3/c1-12-5-7-13(8-6-12)17-15(21)18-16(11-14(19)20)9-3-2-4-10-16/h12-13H,2-11H2,1H3,(H,19,20)(H2,17,18,21). The van der Waals surface area contributed by atoms with Crippen molar-refractivity contribution < 1.29 is 14.7 Å². The Labute approximate surface area is 126 Å². The quantitative estimate of drug-likeness (QED) is 0.746. The Morgan fingerprint density at radius 2 is 1.71 bits per heavy atom. The maximum absolute atomic E-state index is 12.2. The van der Waals surface area contributed by atoms with Crippen molar-refractivity contribution in [3.05, 3.63) is 0 Å². The average molecular weight is 296 g/mol. The predicted molar refractivity (Wildman–Crippen MR) is 81.2 cm³/mol. The minimum atomic E-state index is -0.830. The van der Waals surface area contributed by atoms with Crippen LogP contribution in [0.25, 0.3) is 0 Å². The van der Waals surface area contributed by atoms with E-state index in [0.29, 0.717) is 0 Å². The molecule has 2 fully saturated rings. The summed E-state index contributed by atoms with van der Waals surface area (Å²) in [4.78, 5) is 23.3. The monoisotopic (exact) mass is 296 g/mol. The summed E-state index contributed by atoms with van der Waals surface area (Å²) in [5, 5.41) is 15.2. The molecule has 2 aliphatic rings. The first kappa shape index (κ1) is 16.1. The fraction of sp³-hybridized carbons (Fsp3) is 0.875. The SMILES string of the molecule is CC1CCC(NC(=O)NC2(CC(=O)O)CCCCC2)CC1. The predicted octanol–water partition coefficient (Wildman–Crippen LogP) is 3.04. The number of nitrogens with one attached hydrogen (secondary N) is 2. The highest BCUT2D eigenvalue weighted by molar-refractivity contribution is 5.77. The summed E-state index contributed by atoms with van der Waals surface area (Å²) < 4.78 is 0. The Morgan fingerprint density at radius 1 is 1.10 bits per heavy atom. The molecule has 0 unspecified atom stereocenters. The lowest BCUT2D eigenvalue weighted by atomic mass is 9.79. The summed E-state index contributed by atoms with van der Waals surface area (Å²) in [6.45, 7) is 2.25. The molecule has 0 aromatic rings. The van der Waals surface area contributed by atoms with Gasteiger partial charge in [-0.15, -0.1) is 0 Å². The van der Waals surface area contributed by atoms with Gasteiger partial charge in [0.05, 0.1) is 12.0 Å². The molecular formula is C16H28N2O3. The minimum Gasteiger partial charge on any atom is -0.481 e. The Morgan fingerprint density at radius 3 is 2.29 bits per heavy atom. The summed E-state index contributed by atoms with van der Waals surface area (Å²) in [5.41, 5.74) is -0.546. The molecule has 2 aliphatic carbocycles. The van der Waals surface area contributed by atoms with E-state index in [4.69, 9.17) is 5.11 Å². The van der Waals surface area contributed by atoms with E-state index in [1.165, 1.54) is 0 Å². The summed E-state index contributed by atoms with van der Waals surface area (Å²) in [5.74, 6) is -0.0773. The lowest BCUT2D eigenvalue weighted by molar-refractivity contribution is -0.139. The molecule has 5 heteroatoms. The highest BCUT2D eigenvalue weighted by Gasteiger charge is 2.36. The maximum atomic E-state index is 12.2. The van der Waals surface area contributed by atoms with E-state index in [1.807, 2.05) is 0 Å². The number of carbonyl (C=O) groups is 2. The Bertz CT molecular complexity index is 370. The summed E-state index contributed by atoms with van der Waals surface area (Å²) >= 11 is 0. The third-order valence-electron chi connectivity index (χ3n) is 5.03. The van der Waals surface area contributed by atoms with Gasteiger partial charge in [-0.3, -0.25) is 4.79 Å². The van der Waals surface area contributed by atoms with Gasteiger partial charge in [0.15, 0.2) is 0 Å². The molecule has 0 bridgehead atoms. The second kappa shape index (κ2) is 7.14. The molecule has 0 atom stereocenters. The number of urea groups is 1. The number of rotatable bonds is 4. The first-order chi connectivity index (χ1) is 9.99. The van der Waals surface area contributed by atoms with E-state index < -0.39 is 11.5 Å². The van der Waals surface area contributed by atoms with Crippen LogP contribution in [0, 0.1) is 5.92 Å². The molecule has 0 heterocycles. The Kier molecular flexibility index (Phi) is 5.48. The van der Waals surface area contributed by atoms with Crippen molar-refractivity contribution in [1.29, 1.82) is 0 Å². The van der Waals surface area contributed by atoms with Crippen LogP contribution >= 0.6 is 0 Å². The number of hydrogen-bond donors (Lipinski definition) is 3. The van der Waals surface area contributed by atoms with Gasteiger partial charge in [0.1, 0.15) is 0 Å². The van der Waals surface area contributed by atoms with Gasteiger partial charge < -0.3 is 15.7 Å². The second-order valence-corrected chi connectivity index (χ2v) is 6.97. The van der Waals surface area contributed by atoms with Crippen LogP contribution in [0.3, 0.4) is 0 Å². The summed E-state index contributed by atoms with van der Waals surface area (Å²) in [6, 6.07) is 0.0596. The first-order valence-electron chi connectivity index (χ1n) is 8.30. The molecule has 0 aromatic heterocycles. The minimum absolute atomic E-state index is 0.0299. The summed E-state index contributed by atoms with van der Waals surface area (Å²) in [6.07, 6.45) is 9.07. The van der Waals surface area contributed by atoms with Crippen LogP contribution in [-0.4, -0.2) is 28.7 Å². The molecule has 2 amide bonds. The average Bonchev–Trinajstić information content (AvgIpc) is 2.41. The smallest absolute Gasteiger partial charge is 0.315 e. The van der Waals surface area contributed by atoms with Crippen molar-refractivity contribution in [1.82, 2.24) is 10.6 Å². The van der Waals surface area contributed by atoms with Crippen molar-refractivity contribution in [2.75, 3.05) is 0 Å². The van der Waals surface area contributed by atoms with Crippen LogP contribution in [0.15, 0.2) is 0 Å². The van der Waals surface area contributed by atoms with Gasteiger partial charge in [-0.1, -0.05) is 26.2 Å². The van der Waals surface area contributed by atoms with Gasteiger partial charge >= 0.3 is 12.0 Å². The van der Waals surface area contributed by atoms with Crippen LogP contribution in [0.4, 0.5) is 4.79 Å². The number of carbonyl (C=O) groups excluding carboxylic acids is 1. The van der Waals surface area contributed by atoms with Crippen LogP contribution in [-0.2, 0) is 4.79 Å². The number of carboxylic acid groups (broad SMARTS) is 1. The molecule has 2 saturated carbocycles. The van der Waals surface area contributed by atoms with Gasteiger partial charge in [0, 0.05) is 6.04 Å². The largest absolute Gasteiger partial charge is 0.481 e. The van der Waals surface area contributed by atoms with Gasteiger partial charge in [-0.05, 0) is 44.4 Å². The van der Waals surface area contributed by atoms with Gasteiger partial charge in [-0.25, -0.2) is 4.79 Å². The second-order valence-electron chi connectivity index (χ2n) is 6.97. The number of aliphatic carboxylic acids is 1. The third-order valence-corrected chi connectivity index (χ3v) is 5.03. The maximum Gasteiger partial charge on any atom is 0.315 e. The molecule has 0 radical (unpaired) electrons. The van der Waals surface area contributed by atoms with E-state index in [1.54, 1.807) is 0 Å². The lowest BCUT2D eigenvalue weighted by Crippen LogP contribution is -2.56. The number of hydrogen-bond acceptors (Lipinski definition) is 2. The van der Waals surface area contributed by atoms with Crippen LogP contribution in [0.2, 0.25) is 0 Å². The first-order valence-corrected chi connectivity index (χ1v) is 8.30. The van der Waals surface area contributed by atoms with Crippen LogP contribution in [0.5, 0.6) is 0 Å². The number of amides is 2. The zero-order valence-electron chi connectivity index (χ0n) is 13.0. The Balaban J connectivity index is 1.87. The fourth-order valence-electron chi connectivity index (χ4n) is 3.73. The molecule has 5 nitrogen and oxygen atoms in total. The highest BCUT2D eigenvalue weighted by atomic mass is 16.4. The molecule has 0 aliphatic heterocycles. The lowest BCUT2D eigenvalue weighted by Gasteiger charge is -2.37. The molecular weight excluding hydrogens is 268 g/mol. The van der Waals surface area contributed by atoms with Crippen LogP contribution < -0.4 is 10.6 Å². The topological polar surface area (TPSA) is 78.4 Å². The van der Waals surface area contributed by atoms with Gasteiger partial charge in [0.25, 0.3) is 0 Å². The highest BCUT2D eigenvalue weighted by Crippen LogP contribution is 2.31. The van der Waals surface area contributed by atoms with Crippen molar-refractivity contribution in [3.8, 4) is 0 Å². The zero-order valence-corrected chi connectivity index (χ0v) is 13.0. The fourth-order valence-corrected chi connectivity index (χ4v) is 3.73. The normalized spacial score (nSPS) is 28.6. The molecule has 2 rings (SSSR count). The van der Waals surface area contributed by atoms with E-state index in [2.05, 4.69) is 17.6 Å². The third kappa shape index (κ3) is 4.90. The molecule has 120 valence electrons. The van der Waals surface area contributed by atoms with Crippen LogP contribution in [0.1, 0.15) is 71.1 Å². The van der Waals surface area contributed by atoms with Gasteiger partial charge in [-0.2, -0.15) is 0 Å².